The predicted octanol–water partition coefficient (Wildman–Crippen LogP) is 6.62. The molecule has 2 rings (SSSR count). The van der Waals surface area contributed by atoms with Crippen LogP contribution in [0.2, 0.25) is 0 Å². The molecule has 4 nitrogen and oxygen atoms in total. The molecule has 0 aliphatic rings. The Labute approximate surface area is 181 Å². The van der Waals surface area contributed by atoms with Gasteiger partial charge in [-0.2, -0.15) is 0 Å². The Kier molecular flexibility index (Phi) is 11.3. The maximum absolute atomic E-state index is 12.0. The number of aryl methyl sites for hydroxylation is 2. The maximum atomic E-state index is 12.0. The van der Waals surface area contributed by atoms with Crippen LogP contribution in [0.5, 0.6) is 0 Å². The first-order valence-electron chi connectivity index (χ1n) is 11.2. The Morgan fingerprint density at radius 2 is 1.47 bits per heavy atom. The Morgan fingerprint density at radius 1 is 0.833 bits per heavy atom. The summed E-state index contributed by atoms with van der Waals surface area (Å²) < 4.78 is 5.22. The maximum Gasteiger partial charge on any atom is 0.356 e. The van der Waals surface area contributed by atoms with E-state index in [0.717, 1.165) is 24.8 Å². The van der Waals surface area contributed by atoms with Crippen molar-refractivity contribution in [2.24, 2.45) is 5.16 Å². The number of hydrogen-bond donors (Lipinski definition) is 1. The van der Waals surface area contributed by atoms with Crippen LogP contribution in [-0.2, 0) is 22.6 Å². The molecule has 0 unspecified atom stereocenters. The molecule has 1 N–H and O–H groups in total. The van der Waals surface area contributed by atoms with Gasteiger partial charge in [0.25, 0.3) is 0 Å². The van der Waals surface area contributed by atoms with E-state index in [1.54, 1.807) is 0 Å². The van der Waals surface area contributed by atoms with Gasteiger partial charge in [-0.1, -0.05) is 104 Å². The van der Waals surface area contributed by atoms with Crippen molar-refractivity contribution in [2.75, 3.05) is 0 Å². The van der Waals surface area contributed by atoms with Crippen LogP contribution in [-0.4, -0.2) is 16.9 Å². The van der Waals surface area contributed by atoms with Gasteiger partial charge in [-0.05, 0) is 37.3 Å². The van der Waals surface area contributed by atoms with Crippen LogP contribution in [0.3, 0.4) is 0 Å². The summed E-state index contributed by atoms with van der Waals surface area (Å²) >= 11 is 0. The van der Waals surface area contributed by atoms with E-state index in [0.29, 0.717) is 6.42 Å². The minimum absolute atomic E-state index is 0.113. The van der Waals surface area contributed by atoms with Gasteiger partial charge in [-0.25, -0.2) is 4.79 Å². The topological polar surface area (TPSA) is 58.9 Å². The van der Waals surface area contributed by atoms with Crippen LogP contribution < -0.4 is 0 Å². The fourth-order valence-electron chi connectivity index (χ4n) is 3.55. The van der Waals surface area contributed by atoms with Gasteiger partial charge < -0.3 is 9.94 Å². The van der Waals surface area contributed by atoms with E-state index >= 15 is 0 Å². The molecule has 162 valence electrons. The number of benzene rings is 2. The van der Waals surface area contributed by atoms with Gasteiger partial charge in [0.05, 0.1) is 0 Å². The third-order valence-corrected chi connectivity index (χ3v) is 5.28. The molecule has 0 fully saturated rings. The molecule has 0 radical (unpaired) electrons. The predicted molar refractivity (Wildman–Crippen MR) is 122 cm³/mol. The van der Waals surface area contributed by atoms with Gasteiger partial charge in [0, 0.05) is 6.42 Å². The van der Waals surface area contributed by atoms with Crippen LogP contribution in [0.25, 0.3) is 0 Å². The SMILES string of the molecule is Cc1cccc(CCCCCCCCCCC(=NO)C(=O)OCc2ccccc2)c1. The molecular formula is C26H35NO3. The summed E-state index contributed by atoms with van der Waals surface area (Å²) in [5, 5.41) is 12.2. The van der Waals surface area contributed by atoms with Crippen LogP contribution in [0.15, 0.2) is 59.8 Å². The van der Waals surface area contributed by atoms with Crippen molar-refractivity contribution in [3.8, 4) is 0 Å². The van der Waals surface area contributed by atoms with E-state index in [4.69, 9.17) is 9.94 Å². The fourth-order valence-corrected chi connectivity index (χ4v) is 3.55. The summed E-state index contributed by atoms with van der Waals surface area (Å²) in [6, 6.07) is 18.3. The number of carbonyl (C=O) groups is 1. The first kappa shape index (κ1) is 23.7. The van der Waals surface area contributed by atoms with Crippen LogP contribution in [0.1, 0.15) is 74.5 Å². The third kappa shape index (κ3) is 9.73. The van der Waals surface area contributed by atoms with E-state index in [1.807, 2.05) is 30.3 Å². The number of nitrogens with zero attached hydrogens (tertiary/aromatic N) is 1. The van der Waals surface area contributed by atoms with Gasteiger partial charge in [0.1, 0.15) is 6.61 Å². The number of unbranched alkanes of at least 4 members (excludes halogenated alkanes) is 7. The quantitative estimate of drug-likeness (QED) is 0.125. The number of carbonyl (C=O) groups excluding carboxylic acids is 1. The number of rotatable bonds is 14. The van der Waals surface area contributed by atoms with E-state index in [9.17, 15) is 4.79 Å². The molecule has 0 amide bonds. The van der Waals surface area contributed by atoms with Crippen molar-refractivity contribution in [1.82, 2.24) is 0 Å². The molecule has 2 aromatic carbocycles. The molecule has 0 saturated heterocycles. The number of ether oxygens (including phenoxy) is 1. The summed E-state index contributed by atoms with van der Waals surface area (Å²) in [4.78, 5) is 12.0. The van der Waals surface area contributed by atoms with Crippen LogP contribution in [0.4, 0.5) is 0 Å². The van der Waals surface area contributed by atoms with Crippen molar-refractivity contribution < 1.29 is 14.7 Å². The van der Waals surface area contributed by atoms with Crippen LogP contribution in [0, 0.1) is 6.92 Å². The van der Waals surface area contributed by atoms with E-state index < -0.39 is 5.97 Å². The molecule has 0 saturated carbocycles. The lowest BCUT2D eigenvalue weighted by Gasteiger charge is -2.07. The van der Waals surface area contributed by atoms with Crippen molar-refractivity contribution in [3.63, 3.8) is 0 Å². The molecule has 2 aromatic rings. The monoisotopic (exact) mass is 409 g/mol. The average Bonchev–Trinajstić information content (AvgIpc) is 2.77. The second-order valence-electron chi connectivity index (χ2n) is 7.93. The van der Waals surface area contributed by atoms with Gasteiger partial charge in [-0.15, -0.1) is 0 Å². The third-order valence-electron chi connectivity index (χ3n) is 5.28. The normalized spacial score (nSPS) is 11.4. The summed E-state index contributed by atoms with van der Waals surface area (Å²) in [6.45, 7) is 2.34. The lowest BCUT2D eigenvalue weighted by Crippen LogP contribution is -2.17. The summed E-state index contributed by atoms with van der Waals surface area (Å²) in [6.07, 6.45) is 10.9. The second-order valence-corrected chi connectivity index (χ2v) is 7.93. The number of esters is 1. The zero-order chi connectivity index (χ0) is 21.4. The summed E-state index contributed by atoms with van der Waals surface area (Å²) in [5.74, 6) is -0.532. The second kappa shape index (κ2) is 14.4. The Hall–Kier alpha value is -2.62. The zero-order valence-corrected chi connectivity index (χ0v) is 18.2. The first-order valence-corrected chi connectivity index (χ1v) is 11.2. The van der Waals surface area contributed by atoms with E-state index in [-0.39, 0.29) is 12.3 Å². The summed E-state index contributed by atoms with van der Waals surface area (Å²) in [5.41, 5.74) is 3.81. The first-order chi connectivity index (χ1) is 14.7. The molecule has 0 bridgehead atoms. The highest BCUT2D eigenvalue weighted by molar-refractivity contribution is 6.36. The van der Waals surface area contributed by atoms with Crippen molar-refractivity contribution in [2.45, 2.75) is 77.7 Å². The minimum atomic E-state index is -0.532. The van der Waals surface area contributed by atoms with Crippen LogP contribution >= 0.6 is 0 Å². The summed E-state index contributed by atoms with van der Waals surface area (Å²) in [7, 11) is 0. The lowest BCUT2D eigenvalue weighted by molar-refractivity contribution is -0.137. The van der Waals surface area contributed by atoms with Crippen molar-refractivity contribution in [1.29, 1.82) is 0 Å². The van der Waals surface area contributed by atoms with Gasteiger partial charge in [-0.3, -0.25) is 0 Å². The van der Waals surface area contributed by atoms with Gasteiger partial charge >= 0.3 is 5.97 Å². The molecular weight excluding hydrogens is 374 g/mol. The molecule has 4 heteroatoms. The van der Waals surface area contributed by atoms with E-state index in [2.05, 4.69) is 36.3 Å². The smallest absolute Gasteiger partial charge is 0.356 e. The largest absolute Gasteiger partial charge is 0.456 e. The molecule has 0 heterocycles. The zero-order valence-electron chi connectivity index (χ0n) is 18.2. The Balaban J connectivity index is 1.46. The molecule has 30 heavy (non-hydrogen) atoms. The lowest BCUT2D eigenvalue weighted by atomic mass is 10.0. The standard InChI is InChI=1S/C26H35NO3/c1-22-14-13-18-23(20-22)15-9-6-4-2-3-5-7-12-19-25(27-29)26(28)30-21-24-16-10-8-11-17-24/h8,10-11,13-14,16-18,20,29H,2-7,9,12,15,19,21H2,1H3. The highest BCUT2D eigenvalue weighted by atomic mass is 16.5. The molecule has 0 aliphatic carbocycles. The molecule has 0 atom stereocenters. The molecule has 0 aliphatic heterocycles. The Bertz CT molecular complexity index is 771. The van der Waals surface area contributed by atoms with E-state index in [1.165, 1.54) is 49.7 Å². The van der Waals surface area contributed by atoms with Gasteiger partial charge in [0.15, 0.2) is 5.71 Å². The fraction of sp³-hybridized carbons (Fsp3) is 0.462. The minimum Gasteiger partial charge on any atom is -0.456 e. The molecule has 0 aromatic heterocycles. The molecule has 0 spiro atoms. The average molecular weight is 410 g/mol. The number of oxime groups is 1. The number of hydrogen-bond acceptors (Lipinski definition) is 4. The highest BCUT2D eigenvalue weighted by Crippen LogP contribution is 2.13. The van der Waals surface area contributed by atoms with Gasteiger partial charge in [0.2, 0.25) is 0 Å². The Morgan fingerprint density at radius 3 is 2.13 bits per heavy atom. The highest BCUT2D eigenvalue weighted by Gasteiger charge is 2.13. The van der Waals surface area contributed by atoms with Crippen molar-refractivity contribution in [3.05, 3.63) is 71.3 Å². The van der Waals surface area contributed by atoms with Crippen molar-refractivity contribution >= 4 is 11.7 Å².